The van der Waals surface area contributed by atoms with Gasteiger partial charge in [-0.15, -0.1) is 35.9 Å². The van der Waals surface area contributed by atoms with Crippen LogP contribution in [-0.4, -0.2) is 48.5 Å². The number of thioether (sulfide) groups is 2. The number of hydrogen-bond donors (Lipinski definition) is 1. The summed E-state index contributed by atoms with van der Waals surface area (Å²) in [5, 5.41) is 3.49. The molecule has 0 bridgehead atoms. The van der Waals surface area contributed by atoms with Gasteiger partial charge >= 0.3 is 0 Å². The van der Waals surface area contributed by atoms with E-state index in [4.69, 9.17) is 0 Å². The van der Waals surface area contributed by atoms with E-state index in [-0.39, 0.29) is 18.3 Å². The first-order valence-electron chi connectivity index (χ1n) is 9.09. The Morgan fingerprint density at radius 3 is 2.36 bits per heavy atom. The van der Waals surface area contributed by atoms with E-state index in [1.807, 2.05) is 35.7 Å². The summed E-state index contributed by atoms with van der Waals surface area (Å²) in [4.78, 5) is 14.8. The Hall–Kier alpha value is -0.360. The van der Waals surface area contributed by atoms with Gasteiger partial charge in [0, 0.05) is 25.2 Å². The minimum absolute atomic E-state index is 0. The fraction of sp³-hybridized carbons (Fsp3) is 0.632. The molecule has 3 nitrogen and oxygen atoms in total. The lowest BCUT2D eigenvalue weighted by Crippen LogP contribution is -2.44. The van der Waals surface area contributed by atoms with Gasteiger partial charge in [-0.05, 0) is 66.8 Å². The number of nitrogens with one attached hydrogen (secondary N) is 1. The number of benzene rings is 1. The van der Waals surface area contributed by atoms with Crippen LogP contribution in [0.4, 0.5) is 0 Å². The number of carbonyl (C=O) groups excluding carboxylic acids is 1. The molecular weight excluding hydrogens is 372 g/mol. The summed E-state index contributed by atoms with van der Waals surface area (Å²) in [6, 6.07) is 8.40. The van der Waals surface area contributed by atoms with Gasteiger partial charge in [0.1, 0.15) is 0 Å². The summed E-state index contributed by atoms with van der Waals surface area (Å²) in [5.74, 6) is 2.72. The summed E-state index contributed by atoms with van der Waals surface area (Å²) in [6.45, 7) is 4.11. The van der Waals surface area contributed by atoms with Gasteiger partial charge in [0.25, 0.3) is 5.91 Å². The molecule has 0 aliphatic carbocycles. The summed E-state index contributed by atoms with van der Waals surface area (Å²) >= 11 is 4.06. The number of halogens is 1. The van der Waals surface area contributed by atoms with Crippen molar-refractivity contribution in [1.29, 1.82) is 0 Å². The molecule has 25 heavy (non-hydrogen) atoms. The van der Waals surface area contributed by atoms with Crippen LogP contribution in [0.1, 0.15) is 46.2 Å². The van der Waals surface area contributed by atoms with Gasteiger partial charge in [0.2, 0.25) is 0 Å². The smallest absolute Gasteiger partial charge is 0.253 e. The normalized spacial score (nSPS) is 23.4. The number of carbonyl (C=O) groups is 1. The van der Waals surface area contributed by atoms with E-state index in [0.717, 1.165) is 44.6 Å². The van der Waals surface area contributed by atoms with Crippen molar-refractivity contribution < 1.29 is 4.79 Å². The Morgan fingerprint density at radius 1 is 1.08 bits per heavy atom. The minimum Gasteiger partial charge on any atom is -0.339 e. The Bertz CT molecular complexity index is 574. The zero-order valence-electron chi connectivity index (χ0n) is 14.5. The maximum absolute atomic E-state index is 12.8. The summed E-state index contributed by atoms with van der Waals surface area (Å²) in [7, 11) is 0. The first-order chi connectivity index (χ1) is 11.8. The van der Waals surface area contributed by atoms with Crippen LogP contribution in [0, 0.1) is 5.41 Å². The number of nitrogens with zero attached hydrogens (tertiary/aromatic N) is 1. The molecule has 1 aromatic rings. The van der Waals surface area contributed by atoms with Crippen molar-refractivity contribution in [3.05, 3.63) is 35.4 Å². The quantitative estimate of drug-likeness (QED) is 0.809. The number of piperidine rings is 1. The van der Waals surface area contributed by atoms with Crippen molar-refractivity contribution >= 4 is 41.8 Å². The molecule has 3 aliphatic heterocycles. The molecule has 0 unspecified atom stereocenters. The zero-order chi connectivity index (χ0) is 16.4. The monoisotopic (exact) mass is 398 g/mol. The number of rotatable bonds is 2. The van der Waals surface area contributed by atoms with E-state index >= 15 is 0 Å². The van der Waals surface area contributed by atoms with Crippen molar-refractivity contribution in [2.24, 2.45) is 5.41 Å². The molecule has 138 valence electrons. The lowest BCUT2D eigenvalue weighted by atomic mass is 9.78. The first kappa shape index (κ1) is 19.4. The molecule has 1 spiro atoms. The predicted octanol–water partition coefficient (Wildman–Crippen LogP) is 4.19. The second kappa shape index (κ2) is 8.55. The highest BCUT2D eigenvalue weighted by molar-refractivity contribution is 8.16. The topological polar surface area (TPSA) is 32.3 Å². The number of amides is 1. The maximum atomic E-state index is 12.8. The molecular formula is C19H27ClN2OS2. The average Bonchev–Trinajstić information content (AvgIpc) is 3.11. The molecule has 4 rings (SSSR count). The van der Waals surface area contributed by atoms with Crippen LogP contribution in [0.2, 0.25) is 0 Å². The van der Waals surface area contributed by atoms with E-state index < -0.39 is 0 Å². The standard InChI is InChI=1S/C19H26N2OS2.ClH/c22-17(21-10-7-19(8-11-21)6-9-20-14-19)15-2-4-16(5-3-15)18-23-12-1-13-24-18;/h2-5,18,20H,1,6-14H2;1H. The summed E-state index contributed by atoms with van der Waals surface area (Å²) < 4.78 is 0.549. The SMILES string of the molecule is Cl.O=C(c1ccc(C2SCCCS2)cc1)N1CCC2(CCNC2)CC1. The lowest BCUT2D eigenvalue weighted by molar-refractivity contribution is 0.0607. The minimum atomic E-state index is 0. The summed E-state index contributed by atoms with van der Waals surface area (Å²) in [6.07, 6.45) is 4.90. The van der Waals surface area contributed by atoms with Crippen LogP contribution in [0.3, 0.4) is 0 Å². The maximum Gasteiger partial charge on any atom is 0.253 e. The highest BCUT2D eigenvalue weighted by atomic mass is 35.5. The molecule has 1 aromatic carbocycles. The van der Waals surface area contributed by atoms with Crippen LogP contribution in [0.5, 0.6) is 0 Å². The molecule has 1 amide bonds. The largest absolute Gasteiger partial charge is 0.339 e. The Balaban J connectivity index is 0.00000182. The zero-order valence-corrected chi connectivity index (χ0v) is 17.0. The Morgan fingerprint density at radius 2 is 1.76 bits per heavy atom. The van der Waals surface area contributed by atoms with Crippen molar-refractivity contribution in [2.75, 3.05) is 37.7 Å². The molecule has 0 saturated carbocycles. The molecule has 3 saturated heterocycles. The van der Waals surface area contributed by atoms with Gasteiger partial charge in [0.15, 0.2) is 0 Å². The van der Waals surface area contributed by atoms with Crippen LogP contribution in [0.25, 0.3) is 0 Å². The predicted molar refractivity (Wildman–Crippen MR) is 111 cm³/mol. The third-order valence-electron chi connectivity index (χ3n) is 5.70. The van der Waals surface area contributed by atoms with E-state index in [2.05, 4.69) is 22.3 Å². The van der Waals surface area contributed by atoms with Crippen LogP contribution in [0.15, 0.2) is 24.3 Å². The van der Waals surface area contributed by atoms with Gasteiger partial charge in [0.05, 0.1) is 4.58 Å². The van der Waals surface area contributed by atoms with Crippen LogP contribution in [-0.2, 0) is 0 Å². The molecule has 0 atom stereocenters. The second-order valence-electron chi connectivity index (χ2n) is 7.27. The molecule has 3 aliphatic rings. The van der Waals surface area contributed by atoms with Gasteiger partial charge in [-0.25, -0.2) is 0 Å². The van der Waals surface area contributed by atoms with Gasteiger partial charge in [-0.1, -0.05) is 12.1 Å². The highest BCUT2D eigenvalue weighted by Crippen LogP contribution is 2.43. The van der Waals surface area contributed by atoms with Crippen molar-refractivity contribution in [1.82, 2.24) is 10.2 Å². The molecule has 1 N–H and O–H groups in total. The highest BCUT2D eigenvalue weighted by Gasteiger charge is 2.38. The molecule has 3 heterocycles. The summed E-state index contributed by atoms with van der Waals surface area (Å²) in [5.41, 5.74) is 2.68. The molecule has 0 radical (unpaired) electrons. The van der Waals surface area contributed by atoms with E-state index in [0.29, 0.717) is 10.00 Å². The van der Waals surface area contributed by atoms with Crippen molar-refractivity contribution in [2.45, 2.75) is 30.3 Å². The second-order valence-corrected chi connectivity index (χ2v) is 9.99. The fourth-order valence-electron chi connectivity index (χ4n) is 4.05. The number of likely N-dealkylation sites (tertiary alicyclic amines) is 1. The third-order valence-corrected chi connectivity index (χ3v) is 8.72. The van der Waals surface area contributed by atoms with Gasteiger partial charge in [-0.3, -0.25) is 4.79 Å². The van der Waals surface area contributed by atoms with E-state index in [1.165, 1.54) is 29.9 Å². The van der Waals surface area contributed by atoms with Crippen LogP contribution < -0.4 is 5.32 Å². The van der Waals surface area contributed by atoms with Crippen molar-refractivity contribution in [3.8, 4) is 0 Å². The van der Waals surface area contributed by atoms with Crippen molar-refractivity contribution in [3.63, 3.8) is 0 Å². The molecule has 6 heteroatoms. The third kappa shape index (κ3) is 4.32. The lowest BCUT2D eigenvalue weighted by Gasteiger charge is -2.39. The Kier molecular flexibility index (Phi) is 6.64. The molecule has 0 aromatic heterocycles. The first-order valence-corrected chi connectivity index (χ1v) is 11.2. The average molecular weight is 399 g/mol. The van der Waals surface area contributed by atoms with E-state index in [9.17, 15) is 4.79 Å². The van der Waals surface area contributed by atoms with E-state index in [1.54, 1.807) is 0 Å². The number of hydrogen-bond acceptors (Lipinski definition) is 4. The van der Waals surface area contributed by atoms with Gasteiger partial charge in [-0.2, -0.15) is 0 Å². The van der Waals surface area contributed by atoms with Gasteiger partial charge < -0.3 is 10.2 Å². The molecule has 3 fully saturated rings. The fourth-order valence-corrected chi connectivity index (χ4v) is 6.95. The Labute approximate surface area is 165 Å². The van der Waals surface area contributed by atoms with Crippen LogP contribution >= 0.6 is 35.9 Å².